The van der Waals surface area contributed by atoms with E-state index in [9.17, 15) is 4.79 Å². The number of carbonyl (C=O) groups is 1. The Morgan fingerprint density at radius 2 is 1.91 bits per heavy atom. The first kappa shape index (κ1) is 22.6. The second-order valence-electron chi connectivity index (χ2n) is 7.67. The van der Waals surface area contributed by atoms with Crippen molar-refractivity contribution >= 4 is 17.2 Å². The Bertz CT molecular complexity index is 1200. The van der Waals surface area contributed by atoms with Crippen molar-refractivity contribution in [3.05, 3.63) is 99.1 Å². The van der Waals surface area contributed by atoms with Gasteiger partial charge in [0.15, 0.2) is 0 Å². The molecule has 0 bridgehead atoms. The van der Waals surface area contributed by atoms with Gasteiger partial charge in [-0.25, -0.2) is 0 Å². The molecule has 0 aliphatic heterocycles. The van der Waals surface area contributed by atoms with Gasteiger partial charge < -0.3 is 18.9 Å². The lowest BCUT2D eigenvalue weighted by molar-refractivity contribution is 0.0730. The third-order valence-corrected chi connectivity index (χ3v) is 6.27. The van der Waals surface area contributed by atoms with Crippen LogP contribution in [0.5, 0.6) is 11.5 Å². The van der Waals surface area contributed by atoms with E-state index in [1.165, 1.54) is 0 Å². The number of amides is 1. The summed E-state index contributed by atoms with van der Waals surface area (Å²) < 4.78 is 16.7. The molecular formula is C26H26N2O4S. The lowest BCUT2D eigenvalue weighted by Gasteiger charge is -2.23. The van der Waals surface area contributed by atoms with Crippen LogP contribution in [0.1, 0.15) is 37.8 Å². The summed E-state index contributed by atoms with van der Waals surface area (Å²) in [5.74, 6) is 2.04. The van der Waals surface area contributed by atoms with Crippen LogP contribution in [-0.2, 0) is 19.7 Å². The quantitative estimate of drug-likeness (QED) is 0.315. The van der Waals surface area contributed by atoms with E-state index in [1.54, 1.807) is 24.5 Å². The minimum Gasteiger partial charge on any atom is -0.496 e. The smallest absolute Gasteiger partial charge is 0.254 e. The molecule has 0 aliphatic carbocycles. The lowest BCUT2D eigenvalue weighted by Crippen LogP contribution is -2.30. The molecule has 4 rings (SSSR count). The topological polar surface area (TPSA) is 64.8 Å². The molecule has 0 fully saturated rings. The Labute approximate surface area is 197 Å². The molecule has 0 unspecified atom stereocenters. The molecule has 1 amide bonds. The third kappa shape index (κ3) is 5.43. The first-order valence-corrected chi connectivity index (χ1v) is 11.5. The highest BCUT2D eigenvalue weighted by Crippen LogP contribution is 2.24. The molecule has 0 saturated carbocycles. The van der Waals surface area contributed by atoms with E-state index in [4.69, 9.17) is 14.0 Å². The van der Waals surface area contributed by atoms with Crippen LogP contribution in [0.15, 0.2) is 70.6 Å². The Balaban J connectivity index is 1.55. The number of nitrogens with zero attached hydrogens (tertiary/aromatic N) is 2. The minimum absolute atomic E-state index is 0.0721. The number of carbonyl (C=O) groups excluding carboxylic acids is 1. The maximum Gasteiger partial charge on any atom is 0.254 e. The molecule has 6 nitrogen and oxygen atoms in total. The van der Waals surface area contributed by atoms with Crippen molar-refractivity contribution < 1.29 is 18.8 Å². The van der Waals surface area contributed by atoms with Gasteiger partial charge in [0.25, 0.3) is 5.91 Å². The fourth-order valence-corrected chi connectivity index (χ4v) is 4.31. The van der Waals surface area contributed by atoms with Crippen LogP contribution in [0.4, 0.5) is 0 Å². The van der Waals surface area contributed by atoms with Crippen molar-refractivity contribution in [3.8, 4) is 11.5 Å². The summed E-state index contributed by atoms with van der Waals surface area (Å²) in [5, 5.41) is 5.98. The van der Waals surface area contributed by atoms with Gasteiger partial charge in [0.2, 0.25) is 0 Å². The van der Waals surface area contributed by atoms with Crippen molar-refractivity contribution in [2.24, 2.45) is 0 Å². The number of hydrogen-bond donors (Lipinski definition) is 0. The molecule has 0 spiro atoms. The first-order valence-electron chi connectivity index (χ1n) is 10.6. The van der Waals surface area contributed by atoms with Crippen molar-refractivity contribution in [1.82, 2.24) is 10.1 Å². The molecule has 0 aliphatic rings. The zero-order chi connectivity index (χ0) is 23.2. The zero-order valence-corrected chi connectivity index (χ0v) is 19.7. The largest absolute Gasteiger partial charge is 0.496 e. The van der Waals surface area contributed by atoms with Gasteiger partial charge in [0, 0.05) is 16.0 Å². The van der Waals surface area contributed by atoms with Gasteiger partial charge in [-0.05, 0) is 49.6 Å². The van der Waals surface area contributed by atoms with Crippen LogP contribution in [-0.4, -0.2) is 23.1 Å². The average Bonchev–Trinajstić information content (AvgIpc) is 3.46. The zero-order valence-electron chi connectivity index (χ0n) is 18.9. The van der Waals surface area contributed by atoms with Crippen LogP contribution in [0.3, 0.4) is 0 Å². The normalized spacial score (nSPS) is 10.8. The van der Waals surface area contributed by atoms with Crippen molar-refractivity contribution in [2.45, 2.75) is 33.5 Å². The molecule has 170 valence electrons. The van der Waals surface area contributed by atoms with Gasteiger partial charge in [0.05, 0.1) is 31.5 Å². The molecule has 0 N–H and O–H groups in total. The van der Waals surface area contributed by atoms with Gasteiger partial charge >= 0.3 is 0 Å². The molecule has 2 heterocycles. The SMILES string of the molecule is COc1ccccc1CN(Cc1cccs1)C(=O)c1cccc(OCc2c(C)noc2C)c1. The van der Waals surface area contributed by atoms with Gasteiger partial charge in [-0.1, -0.05) is 35.5 Å². The predicted octanol–water partition coefficient (Wildman–Crippen LogP) is 5.78. The van der Waals surface area contributed by atoms with Gasteiger partial charge in [-0.3, -0.25) is 4.79 Å². The van der Waals surface area contributed by atoms with Crippen LogP contribution in [0.2, 0.25) is 0 Å². The van der Waals surface area contributed by atoms with Gasteiger partial charge in [0.1, 0.15) is 23.9 Å². The summed E-state index contributed by atoms with van der Waals surface area (Å²) in [6.07, 6.45) is 0. The molecular weight excluding hydrogens is 436 g/mol. The lowest BCUT2D eigenvalue weighted by atomic mass is 10.1. The van der Waals surface area contributed by atoms with E-state index >= 15 is 0 Å². The van der Waals surface area contributed by atoms with E-state index < -0.39 is 0 Å². The number of aryl methyl sites for hydroxylation is 2. The highest BCUT2D eigenvalue weighted by molar-refractivity contribution is 7.09. The summed E-state index contributed by atoms with van der Waals surface area (Å²) >= 11 is 1.63. The molecule has 0 atom stereocenters. The highest BCUT2D eigenvalue weighted by atomic mass is 32.1. The number of methoxy groups -OCH3 is 1. The first-order chi connectivity index (χ1) is 16.0. The molecule has 0 radical (unpaired) electrons. The summed E-state index contributed by atoms with van der Waals surface area (Å²) in [6, 6.07) is 19.1. The number of rotatable bonds is 9. The van der Waals surface area contributed by atoms with Crippen LogP contribution in [0, 0.1) is 13.8 Å². The number of thiophene rings is 1. The number of para-hydroxylation sites is 1. The molecule has 2 aromatic heterocycles. The van der Waals surface area contributed by atoms with Crippen LogP contribution in [0.25, 0.3) is 0 Å². The van der Waals surface area contributed by atoms with Crippen molar-refractivity contribution in [2.75, 3.05) is 7.11 Å². The maximum absolute atomic E-state index is 13.6. The Hall–Kier alpha value is -3.58. The summed E-state index contributed by atoms with van der Waals surface area (Å²) in [7, 11) is 1.64. The monoisotopic (exact) mass is 462 g/mol. The van der Waals surface area contributed by atoms with E-state index in [0.29, 0.717) is 31.0 Å². The molecule has 33 heavy (non-hydrogen) atoms. The van der Waals surface area contributed by atoms with Crippen LogP contribution < -0.4 is 9.47 Å². The minimum atomic E-state index is -0.0721. The number of aromatic nitrogens is 1. The van der Waals surface area contributed by atoms with E-state index in [-0.39, 0.29) is 5.91 Å². The van der Waals surface area contributed by atoms with Crippen molar-refractivity contribution in [1.29, 1.82) is 0 Å². The fourth-order valence-electron chi connectivity index (χ4n) is 3.59. The Kier molecular flexibility index (Phi) is 7.10. The maximum atomic E-state index is 13.6. The van der Waals surface area contributed by atoms with Crippen LogP contribution >= 0.6 is 11.3 Å². The van der Waals surface area contributed by atoms with E-state index in [0.717, 1.165) is 33.2 Å². The molecule has 0 saturated heterocycles. The second-order valence-corrected chi connectivity index (χ2v) is 8.70. The van der Waals surface area contributed by atoms with Gasteiger partial charge in [-0.2, -0.15) is 0 Å². The fraction of sp³-hybridized carbons (Fsp3) is 0.231. The average molecular weight is 463 g/mol. The van der Waals surface area contributed by atoms with E-state index in [1.807, 2.05) is 78.7 Å². The summed E-state index contributed by atoms with van der Waals surface area (Å²) in [5.41, 5.74) is 3.24. The second kappa shape index (κ2) is 10.4. The third-order valence-electron chi connectivity index (χ3n) is 5.41. The highest BCUT2D eigenvalue weighted by Gasteiger charge is 2.20. The predicted molar refractivity (Wildman–Crippen MR) is 128 cm³/mol. The molecule has 4 aromatic rings. The number of ether oxygens (including phenoxy) is 2. The molecule has 7 heteroatoms. The Morgan fingerprint density at radius 3 is 2.64 bits per heavy atom. The number of hydrogen-bond acceptors (Lipinski definition) is 6. The number of benzene rings is 2. The summed E-state index contributed by atoms with van der Waals surface area (Å²) in [4.78, 5) is 16.5. The molecule has 2 aromatic carbocycles. The summed E-state index contributed by atoms with van der Waals surface area (Å²) in [6.45, 7) is 5.02. The van der Waals surface area contributed by atoms with Gasteiger partial charge in [-0.15, -0.1) is 11.3 Å². The van der Waals surface area contributed by atoms with Crippen molar-refractivity contribution in [3.63, 3.8) is 0 Å². The van der Waals surface area contributed by atoms with E-state index in [2.05, 4.69) is 5.16 Å². The standard InChI is InChI=1S/C26H26N2O4S/c1-18-24(19(2)32-27-18)17-31-22-10-6-9-20(14-22)26(29)28(16-23-11-7-13-33-23)15-21-8-4-5-12-25(21)30-3/h4-14H,15-17H2,1-3H3. The Morgan fingerprint density at radius 1 is 1.06 bits per heavy atom.